The normalized spacial score (nSPS) is 12.3. The number of anilines is 1. The van der Waals surface area contributed by atoms with Gasteiger partial charge in [-0.15, -0.1) is 11.3 Å². The lowest BCUT2D eigenvalue weighted by atomic mass is 10.2. The van der Waals surface area contributed by atoms with E-state index in [0.29, 0.717) is 10.6 Å². The van der Waals surface area contributed by atoms with Crippen molar-refractivity contribution in [1.82, 2.24) is 0 Å². The molecule has 4 N–H and O–H groups in total. The standard InChI is InChI=1S/C12H12N2O3S/c1-6(11(14)15)17-12(16)10-5-7-4-8(13)2-3-9(7)18-10/h2-6H,13H2,1H3,(H2,14,15). The number of nitrogen functional groups attached to an aromatic ring is 1. The lowest BCUT2D eigenvalue weighted by molar-refractivity contribution is -0.125. The van der Waals surface area contributed by atoms with Gasteiger partial charge in [0.05, 0.1) is 0 Å². The largest absolute Gasteiger partial charge is 0.448 e. The summed E-state index contributed by atoms with van der Waals surface area (Å²) in [5, 5.41) is 0.874. The van der Waals surface area contributed by atoms with Gasteiger partial charge >= 0.3 is 5.97 Å². The molecule has 0 saturated heterocycles. The average molecular weight is 264 g/mol. The zero-order valence-corrected chi connectivity index (χ0v) is 10.5. The van der Waals surface area contributed by atoms with Crippen molar-refractivity contribution in [2.45, 2.75) is 13.0 Å². The lowest BCUT2D eigenvalue weighted by Crippen LogP contribution is -2.30. The van der Waals surface area contributed by atoms with Crippen molar-refractivity contribution in [1.29, 1.82) is 0 Å². The molecule has 0 saturated carbocycles. The van der Waals surface area contributed by atoms with Crippen molar-refractivity contribution in [2.75, 3.05) is 5.73 Å². The van der Waals surface area contributed by atoms with E-state index in [1.54, 1.807) is 18.2 Å². The minimum Gasteiger partial charge on any atom is -0.448 e. The molecular weight excluding hydrogens is 252 g/mol. The maximum atomic E-state index is 11.8. The molecule has 0 radical (unpaired) electrons. The van der Waals surface area contributed by atoms with Crippen LogP contribution in [0.2, 0.25) is 0 Å². The van der Waals surface area contributed by atoms with Crippen LogP contribution in [0.1, 0.15) is 16.6 Å². The second kappa shape index (κ2) is 4.66. The Hall–Kier alpha value is -2.08. The number of hydrogen-bond acceptors (Lipinski definition) is 5. The number of ether oxygens (including phenoxy) is 1. The molecule has 0 bridgehead atoms. The molecule has 94 valence electrons. The van der Waals surface area contributed by atoms with Gasteiger partial charge < -0.3 is 16.2 Å². The number of rotatable bonds is 3. The van der Waals surface area contributed by atoms with Gasteiger partial charge in [0.1, 0.15) is 4.88 Å². The number of carbonyl (C=O) groups is 2. The fourth-order valence-electron chi connectivity index (χ4n) is 1.44. The zero-order valence-electron chi connectivity index (χ0n) is 9.67. The van der Waals surface area contributed by atoms with E-state index in [1.165, 1.54) is 18.3 Å². The minimum atomic E-state index is -0.937. The third-order valence-corrected chi connectivity index (χ3v) is 3.52. The van der Waals surface area contributed by atoms with Crippen LogP contribution in [0.15, 0.2) is 24.3 Å². The van der Waals surface area contributed by atoms with Crippen LogP contribution >= 0.6 is 11.3 Å². The van der Waals surface area contributed by atoms with E-state index in [4.69, 9.17) is 16.2 Å². The fourth-order valence-corrected chi connectivity index (χ4v) is 2.37. The van der Waals surface area contributed by atoms with Crippen molar-refractivity contribution >= 4 is 39.0 Å². The first-order valence-corrected chi connectivity index (χ1v) is 6.08. The predicted octanol–water partition coefficient (Wildman–Crippen LogP) is 1.51. The summed E-state index contributed by atoms with van der Waals surface area (Å²) in [5.41, 5.74) is 11.3. The van der Waals surface area contributed by atoms with Gasteiger partial charge in [0.25, 0.3) is 5.91 Å². The Bertz CT molecular complexity index is 621. The first kappa shape index (κ1) is 12.4. The van der Waals surface area contributed by atoms with E-state index >= 15 is 0 Å². The van der Waals surface area contributed by atoms with Gasteiger partial charge in [-0.1, -0.05) is 0 Å². The fraction of sp³-hybridized carbons (Fsp3) is 0.167. The number of nitrogens with two attached hydrogens (primary N) is 2. The van der Waals surface area contributed by atoms with Gasteiger partial charge in [0, 0.05) is 10.4 Å². The second-order valence-electron chi connectivity index (χ2n) is 3.86. The maximum Gasteiger partial charge on any atom is 0.349 e. The third-order valence-electron chi connectivity index (χ3n) is 2.43. The molecule has 2 aromatic rings. The number of fused-ring (bicyclic) bond motifs is 1. The summed E-state index contributed by atoms with van der Waals surface area (Å²) >= 11 is 1.29. The van der Waals surface area contributed by atoms with Crippen molar-refractivity contribution in [3.63, 3.8) is 0 Å². The van der Waals surface area contributed by atoms with E-state index in [-0.39, 0.29) is 0 Å². The predicted molar refractivity (Wildman–Crippen MR) is 70.3 cm³/mol. The zero-order chi connectivity index (χ0) is 13.3. The highest BCUT2D eigenvalue weighted by Crippen LogP contribution is 2.27. The molecule has 0 aliphatic heterocycles. The second-order valence-corrected chi connectivity index (χ2v) is 4.94. The molecule has 0 aliphatic carbocycles. The molecule has 0 spiro atoms. The molecule has 0 aliphatic rings. The first-order valence-electron chi connectivity index (χ1n) is 5.27. The summed E-state index contributed by atoms with van der Waals surface area (Å²) in [6.45, 7) is 1.44. The molecule has 1 heterocycles. The van der Waals surface area contributed by atoms with Gasteiger partial charge in [-0.3, -0.25) is 4.79 Å². The number of amides is 1. The highest BCUT2D eigenvalue weighted by Gasteiger charge is 2.18. The summed E-state index contributed by atoms with van der Waals surface area (Å²) in [5.74, 6) is -1.23. The Kier molecular flexibility index (Phi) is 3.20. The van der Waals surface area contributed by atoms with E-state index in [0.717, 1.165) is 10.1 Å². The molecule has 0 fully saturated rings. The molecule has 1 aromatic carbocycles. The topological polar surface area (TPSA) is 95.4 Å². The minimum absolute atomic E-state index is 0.420. The van der Waals surface area contributed by atoms with Gasteiger partial charge in [-0.25, -0.2) is 4.79 Å². The van der Waals surface area contributed by atoms with E-state index in [9.17, 15) is 9.59 Å². The first-order chi connectivity index (χ1) is 8.47. The Morgan fingerprint density at radius 2 is 2.06 bits per heavy atom. The van der Waals surface area contributed by atoms with Crippen LogP contribution in [0.25, 0.3) is 10.1 Å². The van der Waals surface area contributed by atoms with Gasteiger partial charge in [0.15, 0.2) is 6.10 Å². The molecule has 1 atom stereocenters. The molecule has 2 rings (SSSR count). The molecule has 18 heavy (non-hydrogen) atoms. The number of thiophene rings is 1. The highest BCUT2D eigenvalue weighted by atomic mass is 32.1. The smallest absolute Gasteiger partial charge is 0.349 e. The molecule has 6 heteroatoms. The van der Waals surface area contributed by atoms with E-state index < -0.39 is 18.0 Å². The van der Waals surface area contributed by atoms with Crippen LogP contribution in [0, 0.1) is 0 Å². The Balaban J connectivity index is 2.26. The van der Waals surface area contributed by atoms with Crippen LogP contribution in [0.4, 0.5) is 5.69 Å². The van der Waals surface area contributed by atoms with E-state index in [2.05, 4.69) is 0 Å². The quantitative estimate of drug-likeness (QED) is 0.649. The molecule has 1 amide bonds. The number of primary amides is 1. The van der Waals surface area contributed by atoms with Gasteiger partial charge in [-0.2, -0.15) is 0 Å². The Morgan fingerprint density at radius 1 is 1.33 bits per heavy atom. The SMILES string of the molecule is CC(OC(=O)c1cc2cc(N)ccc2s1)C(N)=O. The lowest BCUT2D eigenvalue weighted by Gasteiger charge is -2.07. The monoisotopic (exact) mass is 264 g/mol. The van der Waals surface area contributed by atoms with Gasteiger partial charge in [-0.05, 0) is 36.6 Å². The molecular formula is C12H12N2O3S. The van der Waals surface area contributed by atoms with Crippen molar-refractivity contribution < 1.29 is 14.3 Å². The number of esters is 1. The summed E-state index contributed by atoms with van der Waals surface area (Å²) in [6, 6.07) is 7.07. The Labute approximate surface area is 107 Å². The molecule has 5 nitrogen and oxygen atoms in total. The third kappa shape index (κ3) is 2.43. The average Bonchev–Trinajstić information content (AvgIpc) is 2.71. The summed E-state index contributed by atoms with van der Waals surface area (Å²) in [6.07, 6.45) is -0.937. The Morgan fingerprint density at radius 3 is 2.72 bits per heavy atom. The molecule has 1 aromatic heterocycles. The van der Waals surface area contributed by atoms with Gasteiger partial charge in [0.2, 0.25) is 0 Å². The number of benzene rings is 1. The van der Waals surface area contributed by atoms with Crippen LogP contribution in [0.5, 0.6) is 0 Å². The number of hydrogen-bond donors (Lipinski definition) is 2. The van der Waals surface area contributed by atoms with Crippen molar-refractivity contribution in [3.8, 4) is 0 Å². The summed E-state index contributed by atoms with van der Waals surface area (Å²) < 4.78 is 5.86. The summed E-state index contributed by atoms with van der Waals surface area (Å²) in [7, 11) is 0. The maximum absolute atomic E-state index is 11.8. The summed E-state index contributed by atoms with van der Waals surface area (Å²) in [4.78, 5) is 23.0. The van der Waals surface area contributed by atoms with Crippen LogP contribution < -0.4 is 11.5 Å². The van der Waals surface area contributed by atoms with Crippen LogP contribution in [0.3, 0.4) is 0 Å². The van der Waals surface area contributed by atoms with Crippen molar-refractivity contribution in [3.05, 3.63) is 29.1 Å². The molecule has 1 unspecified atom stereocenters. The van der Waals surface area contributed by atoms with Crippen LogP contribution in [-0.2, 0) is 9.53 Å². The number of carbonyl (C=O) groups excluding carboxylic acids is 2. The van der Waals surface area contributed by atoms with Crippen molar-refractivity contribution in [2.24, 2.45) is 5.73 Å². The highest BCUT2D eigenvalue weighted by molar-refractivity contribution is 7.20. The van der Waals surface area contributed by atoms with Crippen LogP contribution in [-0.4, -0.2) is 18.0 Å². The van der Waals surface area contributed by atoms with E-state index in [1.807, 2.05) is 6.07 Å².